The smallest absolute Gasteiger partial charge is 0.244 e. The average Bonchev–Trinajstić information content (AvgIpc) is 2.99. The molecule has 2 heterocycles. The molecule has 0 spiro atoms. The number of pyridine rings is 1. The van der Waals surface area contributed by atoms with Crippen LogP contribution in [0.2, 0.25) is 0 Å². The molecule has 1 atom stereocenters. The zero-order valence-corrected chi connectivity index (χ0v) is 13.3. The van der Waals surface area contributed by atoms with Gasteiger partial charge in [-0.05, 0) is 36.8 Å². The van der Waals surface area contributed by atoms with Crippen LogP contribution < -0.4 is 0 Å². The van der Waals surface area contributed by atoms with Gasteiger partial charge in [0.05, 0.1) is 10.3 Å². The lowest BCUT2D eigenvalue weighted by atomic mass is 10.2. The topological polar surface area (TPSA) is 50.3 Å². The Morgan fingerprint density at radius 1 is 1.14 bits per heavy atom. The van der Waals surface area contributed by atoms with Gasteiger partial charge < -0.3 is 0 Å². The van der Waals surface area contributed by atoms with Gasteiger partial charge in [-0.25, -0.2) is 8.42 Å². The third-order valence-electron chi connectivity index (χ3n) is 3.47. The molecule has 6 heteroatoms. The van der Waals surface area contributed by atoms with E-state index in [-0.39, 0.29) is 5.37 Å². The highest BCUT2D eigenvalue weighted by molar-refractivity contribution is 8.01. The summed E-state index contributed by atoms with van der Waals surface area (Å²) in [4.78, 5) is 4.35. The second-order valence-corrected chi connectivity index (χ2v) is 8.01. The lowest BCUT2D eigenvalue weighted by Crippen LogP contribution is -2.30. The molecule has 1 aromatic carbocycles. The van der Waals surface area contributed by atoms with Crippen molar-refractivity contribution < 1.29 is 8.42 Å². The molecule has 110 valence electrons. The molecule has 0 N–H and O–H groups in total. The van der Waals surface area contributed by atoms with Gasteiger partial charge in [0.2, 0.25) is 10.0 Å². The molecule has 0 bridgehead atoms. The van der Waals surface area contributed by atoms with Crippen LogP contribution in [0.15, 0.2) is 53.7 Å². The van der Waals surface area contributed by atoms with Crippen molar-refractivity contribution >= 4 is 21.8 Å². The van der Waals surface area contributed by atoms with Gasteiger partial charge in [-0.15, -0.1) is 11.8 Å². The van der Waals surface area contributed by atoms with E-state index in [9.17, 15) is 8.42 Å². The van der Waals surface area contributed by atoms with Crippen LogP contribution >= 0.6 is 11.8 Å². The predicted molar refractivity (Wildman–Crippen MR) is 84.5 cm³/mol. The number of hydrogen-bond donors (Lipinski definition) is 0. The first kappa shape index (κ1) is 14.6. The largest absolute Gasteiger partial charge is 0.265 e. The fourth-order valence-corrected chi connectivity index (χ4v) is 5.58. The van der Waals surface area contributed by atoms with Crippen molar-refractivity contribution in [3.63, 3.8) is 0 Å². The van der Waals surface area contributed by atoms with Gasteiger partial charge in [0.1, 0.15) is 0 Å². The summed E-state index contributed by atoms with van der Waals surface area (Å²) in [5, 5.41) is -0.167. The van der Waals surface area contributed by atoms with Crippen molar-refractivity contribution in [3.8, 4) is 0 Å². The van der Waals surface area contributed by atoms with E-state index in [0.29, 0.717) is 11.4 Å². The zero-order valence-electron chi connectivity index (χ0n) is 11.6. The number of nitrogens with zero attached hydrogens (tertiary/aromatic N) is 2. The van der Waals surface area contributed by atoms with E-state index >= 15 is 0 Å². The average molecular weight is 320 g/mol. The highest BCUT2D eigenvalue weighted by atomic mass is 32.2. The molecule has 21 heavy (non-hydrogen) atoms. The minimum absolute atomic E-state index is 0.167. The van der Waals surface area contributed by atoms with Crippen LogP contribution in [0.3, 0.4) is 0 Å². The summed E-state index contributed by atoms with van der Waals surface area (Å²) in [5.74, 6) is 0.804. The Labute approximate surface area is 129 Å². The molecular formula is C15H16N2O2S2. The Bertz CT molecular complexity index is 715. The Kier molecular flexibility index (Phi) is 4.01. The van der Waals surface area contributed by atoms with Gasteiger partial charge in [0, 0.05) is 24.7 Å². The van der Waals surface area contributed by atoms with E-state index in [4.69, 9.17) is 0 Å². The molecule has 1 fully saturated rings. The maximum atomic E-state index is 12.8. The van der Waals surface area contributed by atoms with Gasteiger partial charge >= 0.3 is 0 Å². The van der Waals surface area contributed by atoms with E-state index in [1.165, 1.54) is 0 Å². The molecule has 1 aliphatic heterocycles. The molecule has 0 saturated carbocycles. The molecule has 0 aliphatic carbocycles. The highest BCUT2D eigenvalue weighted by Gasteiger charge is 2.36. The first-order valence-electron chi connectivity index (χ1n) is 6.69. The SMILES string of the molecule is Cc1ccc(S(=O)(=O)N2CCS[C@@H]2c2ccncc2)cc1. The summed E-state index contributed by atoms with van der Waals surface area (Å²) in [6, 6.07) is 10.8. The van der Waals surface area contributed by atoms with E-state index < -0.39 is 10.0 Å². The lowest BCUT2D eigenvalue weighted by molar-refractivity contribution is 0.434. The lowest BCUT2D eigenvalue weighted by Gasteiger charge is -2.23. The summed E-state index contributed by atoms with van der Waals surface area (Å²) in [7, 11) is -3.46. The third kappa shape index (κ3) is 2.84. The second-order valence-electron chi connectivity index (χ2n) is 4.93. The predicted octanol–water partition coefficient (Wildman–Crippen LogP) is 2.83. The van der Waals surface area contributed by atoms with Crippen molar-refractivity contribution in [2.45, 2.75) is 17.2 Å². The van der Waals surface area contributed by atoms with E-state index in [1.807, 2.05) is 31.2 Å². The number of sulfonamides is 1. The molecule has 1 saturated heterocycles. The van der Waals surface area contributed by atoms with Crippen molar-refractivity contribution in [1.82, 2.24) is 9.29 Å². The maximum Gasteiger partial charge on any atom is 0.244 e. The van der Waals surface area contributed by atoms with Crippen LogP contribution in [0.1, 0.15) is 16.5 Å². The Morgan fingerprint density at radius 2 is 1.81 bits per heavy atom. The third-order valence-corrected chi connectivity index (χ3v) is 6.74. The summed E-state index contributed by atoms with van der Waals surface area (Å²) in [5.41, 5.74) is 2.03. The molecule has 4 nitrogen and oxygen atoms in total. The van der Waals surface area contributed by atoms with Gasteiger partial charge in [-0.1, -0.05) is 17.7 Å². The normalized spacial score (nSPS) is 19.8. The number of thioether (sulfide) groups is 1. The molecule has 0 unspecified atom stereocenters. The fraction of sp³-hybridized carbons (Fsp3) is 0.267. The monoisotopic (exact) mass is 320 g/mol. The van der Waals surface area contributed by atoms with Gasteiger partial charge in [-0.2, -0.15) is 4.31 Å². The number of hydrogen-bond acceptors (Lipinski definition) is 4. The summed E-state index contributed by atoms with van der Waals surface area (Å²) >= 11 is 1.65. The fourth-order valence-electron chi connectivity index (χ4n) is 2.34. The van der Waals surface area contributed by atoms with Crippen LogP contribution in [-0.2, 0) is 10.0 Å². The maximum absolute atomic E-state index is 12.8. The van der Waals surface area contributed by atoms with E-state index in [0.717, 1.165) is 16.9 Å². The first-order chi connectivity index (χ1) is 10.1. The summed E-state index contributed by atoms with van der Waals surface area (Å²) in [6.07, 6.45) is 3.40. The van der Waals surface area contributed by atoms with Gasteiger partial charge in [0.15, 0.2) is 0 Å². The minimum Gasteiger partial charge on any atom is -0.265 e. The minimum atomic E-state index is -3.46. The molecule has 0 radical (unpaired) electrons. The summed E-state index contributed by atoms with van der Waals surface area (Å²) < 4.78 is 27.2. The van der Waals surface area contributed by atoms with Crippen molar-refractivity contribution in [2.75, 3.05) is 12.3 Å². The van der Waals surface area contributed by atoms with Crippen LogP contribution in [0.5, 0.6) is 0 Å². The van der Waals surface area contributed by atoms with Gasteiger partial charge in [0.25, 0.3) is 0 Å². The van der Waals surface area contributed by atoms with Crippen molar-refractivity contribution in [1.29, 1.82) is 0 Å². The van der Waals surface area contributed by atoms with Crippen LogP contribution in [0.4, 0.5) is 0 Å². The molecule has 0 amide bonds. The first-order valence-corrected chi connectivity index (χ1v) is 9.18. The molecule has 1 aromatic heterocycles. The number of benzene rings is 1. The second kappa shape index (κ2) is 5.79. The van der Waals surface area contributed by atoms with Gasteiger partial charge in [-0.3, -0.25) is 4.98 Å². The quantitative estimate of drug-likeness (QED) is 0.872. The number of rotatable bonds is 3. The van der Waals surface area contributed by atoms with Crippen molar-refractivity contribution in [3.05, 3.63) is 59.9 Å². The molecule has 2 aromatic rings. The summed E-state index contributed by atoms with van der Waals surface area (Å²) in [6.45, 7) is 2.48. The van der Waals surface area contributed by atoms with Crippen LogP contribution in [0, 0.1) is 6.92 Å². The van der Waals surface area contributed by atoms with E-state index in [2.05, 4.69) is 4.98 Å². The van der Waals surface area contributed by atoms with Crippen molar-refractivity contribution in [2.24, 2.45) is 0 Å². The Hall–Kier alpha value is -1.37. The van der Waals surface area contributed by atoms with E-state index in [1.54, 1.807) is 40.6 Å². The number of aromatic nitrogens is 1. The van der Waals surface area contributed by atoms with Crippen LogP contribution in [-0.4, -0.2) is 30.0 Å². The molecule has 3 rings (SSSR count). The Morgan fingerprint density at radius 3 is 2.48 bits per heavy atom. The molecule has 1 aliphatic rings. The Balaban J connectivity index is 1.96. The van der Waals surface area contributed by atoms with Crippen LogP contribution in [0.25, 0.3) is 0 Å². The molecular weight excluding hydrogens is 304 g/mol. The zero-order chi connectivity index (χ0) is 14.9. The number of aryl methyl sites for hydroxylation is 1. The standard InChI is InChI=1S/C15H16N2O2S2/c1-12-2-4-14(5-3-12)21(18,19)17-10-11-20-15(17)13-6-8-16-9-7-13/h2-9,15H,10-11H2,1H3/t15-/m1/s1. The highest BCUT2D eigenvalue weighted by Crippen LogP contribution is 2.41.